The lowest BCUT2D eigenvalue weighted by Crippen LogP contribution is -2.30. The van der Waals surface area contributed by atoms with Crippen LogP contribution in [0, 0.1) is 11.6 Å². The molecule has 0 unspecified atom stereocenters. The SMILES string of the molecule is O=C(NCc1cccnc1)c1cn(CCF)c2c(F)c(NCc3cccnc3)c(F)cc2c1=O. The van der Waals surface area contributed by atoms with E-state index in [4.69, 9.17) is 0 Å². The molecule has 0 aliphatic heterocycles. The largest absolute Gasteiger partial charge is 0.376 e. The van der Waals surface area contributed by atoms with Crippen molar-refractivity contribution in [2.45, 2.75) is 19.6 Å². The summed E-state index contributed by atoms with van der Waals surface area (Å²) >= 11 is 0. The minimum atomic E-state index is -1.05. The van der Waals surface area contributed by atoms with Gasteiger partial charge in [-0.15, -0.1) is 0 Å². The zero-order valence-corrected chi connectivity index (χ0v) is 17.9. The third-order valence-corrected chi connectivity index (χ3v) is 5.19. The van der Waals surface area contributed by atoms with Crippen molar-refractivity contribution < 1.29 is 18.0 Å². The van der Waals surface area contributed by atoms with Crippen LogP contribution < -0.4 is 16.1 Å². The van der Waals surface area contributed by atoms with Gasteiger partial charge in [-0.1, -0.05) is 12.1 Å². The van der Waals surface area contributed by atoms with Crippen LogP contribution in [0.3, 0.4) is 0 Å². The van der Waals surface area contributed by atoms with Gasteiger partial charge < -0.3 is 15.2 Å². The van der Waals surface area contributed by atoms with Gasteiger partial charge in [-0.25, -0.2) is 13.2 Å². The van der Waals surface area contributed by atoms with Gasteiger partial charge >= 0.3 is 0 Å². The molecule has 0 saturated carbocycles. The van der Waals surface area contributed by atoms with E-state index in [1.165, 1.54) is 0 Å². The first-order valence-corrected chi connectivity index (χ1v) is 10.4. The van der Waals surface area contributed by atoms with Crippen molar-refractivity contribution >= 4 is 22.5 Å². The van der Waals surface area contributed by atoms with Crippen LogP contribution in [0.4, 0.5) is 18.9 Å². The number of carbonyl (C=O) groups excluding carboxylic acids is 1. The zero-order valence-electron chi connectivity index (χ0n) is 17.9. The predicted octanol–water partition coefficient (Wildman–Crippen LogP) is 3.58. The molecule has 0 atom stereocenters. The topological polar surface area (TPSA) is 88.9 Å². The number of carbonyl (C=O) groups is 1. The highest BCUT2D eigenvalue weighted by Crippen LogP contribution is 2.27. The molecule has 34 heavy (non-hydrogen) atoms. The number of alkyl halides is 1. The van der Waals surface area contributed by atoms with Crippen LogP contribution in [0.15, 0.2) is 66.1 Å². The Bertz CT molecular complexity index is 1380. The normalized spacial score (nSPS) is 10.9. The molecule has 3 aromatic heterocycles. The van der Waals surface area contributed by atoms with Crippen molar-refractivity contribution in [3.63, 3.8) is 0 Å². The van der Waals surface area contributed by atoms with E-state index < -0.39 is 35.3 Å². The Morgan fingerprint density at radius 3 is 2.32 bits per heavy atom. The number of nitrogens with one attached hydrogen (secondary N) is 2. The Labute approximate surface area is 192 Å². The van der Waals surface area contributed by atoms with Crippen molar-refractivity contribution in [1.29, 1.82) is 0 Å². The number of amides is 1. The number of aryl methyl sites for hydroxylation is 1. The summed E-state index contributed by atoms with van der Waals surface area (Å²) in [6, 6.07) is 7.70. The maximum absolute atomic E-state index is 15.4. The number of pyridine rings is 3. The fourth-order valence-electron chi connectivity index (χ4n) is 3.55. The number of anilines is 1. The van der Waals surface area contributed by atoms with Crippen molar-refractivity contribution in [2.24, 2.45) is 0 Å². The van der Waals surface area contributed by atoms with E-state index in [-0.39, 0.29) is 36.1 Å². The number of rotatable bonds is 8. The number of hydrogen-bond donors (Lipinski definition) is 2. The molecule has 2 N–H and O–H groups in total. The Morgan fingerprint density at radius 1 is 1.03 bits per heavy atom. The zero-order chi connectivity index (χ0) is 24.1. The van der Waals surface area contributed by atoms with Crippen LogP contribution in [-0.2, 0) is 19.6 Å². The molecule has 4 aromatic rings. The third kappa shape index (κ3) is 4.75. The summed E-state index contributed by atoms with van der Waals surface area (Å²) in [6.07, 6.45) is 7.33. The molecule has 0 spiro atoms. The quantitative estimate of drug-likeness (QED) is 0.414. The summed E-state index contributed by atoms with van der Waals surface area (Å²) in [5.74, 6) is -2.81. The molecule has 0 fully saturated rings. The summed E-state index contributed by atoms with van der Waals surface area (Å²) in [5, 5.41) is 4.89. The molecule has 174 valence electrons. The first-order chi connectivity index (χ1) is 16.5. The van der Waals surface area contributed by atoms with Gasteiger partial charge in [-0.05, 0) is 29.3 Å². The van der Waals surface area contributed by atoms with Gasteiger partial charge in [0.15, 0.2) is 5.82 Å². The Kier molecular flexibility index (Phi) is 6.86. The Hall–Kier alpha value is -4.21. The molecule has 0 saturated heterocycles. The molecule has 0 aliphatic carbocycles. The fraction of sp³-hybridized carbons (Fsp3) is 0.167. The lowest BCUT2D eigenvalue weighted by atomic mass is 10.1. The van der Waals surface area contributed by atoms with Crippen LogP contribution in [0.2, 0.25) is 0 Å². The number of aromatic nitrogens is 3. The van der Waals surface area contributed by atoms with E-state index in [0.717, 1.165) is 16.8 Å². The molecule has 0 radical (unpaired) electrons. The van der Waals surface area contributed by atoms with Gasteiger partial charge in [0, 0.05) is 44.1 Å². The molecule has 3 heterocycles. The minimum Gasteiger partial charge on any atom is -0.376 e. The van der Waals surface area contributed by atoms with E-state index in [9.17, 15) is 18.4 Å². The number of nitrogens with zero attached hydrogens (tertiary/aromatic N) is 3. The number of benzene rings is 1. The van der Waals surface area contributed by atoms with Gasteiger partial charge in [0.25, 0.3) is 5.91 Å². The van der Waals surface area contributed by atoms with Crippen LogP contribution >= 0.6 is 0 Å². The average Bonchev–Trinajstić information content (AvgIpc) is 2.85. The lowest BCUT2D eigenvalue weighted by molar-refractivity contribution is 0.0949. The van der Waals surface area contributed by atoms with Gasteiger partial charge in [0.2, 0.25) is 5.43 Å². The van der Waals surface area contributed by atoms with E-state index in [1.54, 1.807) is 49.1 Å². The van der Waals surface area contributed by atoms with Crippen LogP contribution in [0.5, 0.6) is 0 Å². The van der Waals surface area contributed by atoms with E-state index >= 15 is 4.39 Å². The lowest BCUT2D eigenvalue weighted by Gasteiger charge is -2.16. The Morgan fingerprint density at radius 2 is 1.71 bits per heavy atom. The van der Waals surface area contributed by atoms with Crippen LogP contribution in [-0.4, -0.2) is 27.1 Å². The summed E-state index contributed by atoms with van der Waals surface area (Å²) in [4.78, 5) is 33.6. The molecule has 7 nitrogen and oxygen atoms in total. The molecular weight excluding hydrogens is 447 g/mol. The standard InChI is InChI=1S/C24H20F3N5O2/c25-5-8-32-14-18(24(34)31-13-16-4-2-7-29-11-16)23(33)17-9-19(26)21(20(27)22(17)32)30-12-15-3-1-6-28-10-15/h1-4,6-7,9-11,14,30H,5,8,12-13H2,(H,31,34). The maximum atomic E-state index is 15.4. The summed E-state index contributed by atoms with van der Waals surface area (Å²) in [5.41, 5.74) is -0.575. The first-order valence-electron chi connectivity index (χ1n) is 10.4. The Balaban J connectivity index is 1.72. The van der Waals surface area contributed by atoms with Gasteiger partial charge in [-0.2, -0.15) is 0 Å². The maximum Gasteiger partial charge on any atom is 0.257 e. The van der Waals surface area contributed by atoms with Crippen LogP contribution in [0.1, 0.15) is 21.5 Å². The van der Waals surface area contributed by atoms with Gasteiger partial charge in [0.05, 0.1) is 17.4 Å². The molecule has 10 heteroatoms. The van der Waals surface area contributed by atoms with Gasteiger partial charge in [0.1, 0.15) is 23.7 Å². The van der Waals surface area contributed by atoms with Crippen molar-refractivity contribution in [2.75, 3.05) is 12.0 Å². The van der Waals surface area contributed by atoms with Crippen LogP contribution in [0.25, 0.3) is 10.9 Å². The molecule has 0 bridgehead atoms. The van der Waals surface area contributed by atoms with Gasteiger partial charge in [-0.3, -0.25) is 19.6 Å². The molecule has 4 rings (SSSR count). The second-order valence-electron chi connectivity index (χ2n) is 7.46. The second kappa shape index (κ2) is 10.2. The monoisotopic (exact) mass is 467 g/mol. The molecule has 1 amide bonds. The number of halogens is 3. The highest BCUT2D eigenvalue weighted by Gasteiger charge is 2.22. The molecular formula is C24H20F3N5O2. The third-order valence-electron chi connectivity index (χ3n) is 5.19. The summed E-state index contributed by atoms with van der Waals surface area (Å²) < 4.78 is 44.6. The smallest absolute Gasteiger partial charge is 0.257 e. The second-order valence-corrected chi connectivity index (χ2v) is 7.46. The average molecular weight is 467 g/mol. The van der Waals surface area contributed by atoms with Crippen molar-refractivity contribution in [1.82, 2.24) is 19.9 Å². The first kappa shape index (κ1) is 23.0. The molecule has 0 aliphatic rings. The number of hydrogen-bond acceptors (Lipinski definition) is 5. The molecule has 1 aromatic carbocycles. The highest BCUT2D eigenvalue weighted by atomic mass is 19.1. The fourth-order valence-corrected chi connectivity index (χ4v) is 3.55. The van der Waals surface area contributed by atoms with E-state index in [2.05, 4.69) is 20.6 Å². The van der Waals surface area contributed by atoms with Crippen molar-refractivity contribution in [3.05, 3.63) is 99.9 Å². The van der Waals surface area contributed by atoms with E-state index in [0.29, 0.717) is 11.1 Å². The minimum absolute atomic E-state index is 0.0787. The van der Waals surface area contributed by atoms with E-state index in [1.807, 2.05) is 0 Å². The highest BCUT2D eigenvalue weighted by molar-refractivity contribution is 5.98. The summed E-state index contributed by atoms with van der Waals surface area (Å²) in [6.45, 7) is -1.04. The number of fused-ring (bicyclic) bond motifs is 1. The summed E-state index contributed by atoms with van der Waals surface area (Å²) in [7, 11) is 0. The van der Waals surface area contributed by atoms with Crippen molar-refractivity contribution in [3.8, 4) is 0 Å². The predicted molar refractivity (Wildman–Crippen MR) is 121 cm³/mol.